The molecule has 21 heavy (non-hydrogen) atoms. The maximum Gasteiger partial charge on any atom is 0.232 e. The summed E-state index contributed by atoms with van der Waals surface area (Å²) < 4.78 is 0. The van der Waals surface area contributed by atoms with Crippen molar-refractivity contribution in [1.82, 2.24) is 4.90 Å². The Morgan fingerprint density at radius 3 is 2.52 bits per heavy atom. The molecule has 0 spiro atoms. The second-order valence-electron chi connectivity index (χ2n) is 4.90. The first kappa shape index (κ1) is 15.9. The normalized spacial score (nSPS) is 10.4. The molecule has 0 aromatic heterocycles. The summed E-state index contributed by atoms with van der Waals surface area (Å²) in [4.78, 5) is 15.1. The average molecular weight is 320 g/mol. The summed E-state index contributed by atoms with van der Waals surface area (Å²) in [5.41, 5.74) is 2.17. The lowest BCUT2D eigenvalue weighted by Crippen LogP contribution is -2.27. The molecule has 2 rings (SSSR count). The van der Waals surface area contributed by atoms with Crippen molar-refractivity contribution in [2.24, 2.45) is 0 Å². The van der Waals surface area contributed by atoms with Crippen LogP contribution in [0.15, 0.2) is 53.4 Å². The highest BCUT2D eigenvalue weighted by atomic mass is 35.5. The third-order valence-corrected chi connectivity index (χ3v) is 4.76. The van der Waals surface area contributed by atoms with Crippen LogP contribution in [-0.2, 0) is 11.3 Å². The third kappa shape index (κ3) is 4.51. The van der Waals surface area contributed by atoms with Crippen molar-refractivity contribution in [3.63, 3.8) is 0 Å². The Labute approximate surface area is 135 Å². The molecule has 110 valence electrons. The van der Waals surface area contributed by atoms with Gasteiger partial charge in [0.25, 0.3) is 0 Å². The molecule has 0 unspecified atom stereocenters. The minimum absolute atomic E-state index is 0.100. The Morgan fingerprint density at radius 2 is 1.81 bits per heavy atom. The van der Waals surface area contributed by atoms with Gasteiger partial charge in [-0.2, -0.15) is 0 Å². The molecule has 0 aliphatic rings. The van der Waals surface area contributed by atoms with Crippen LogP contribution in [0.2, 0.25) is 5.02 Å². The van der Waals surface area contributed by atoms with Crippen LogP contribution in [0.4, 0.5) is 0 Å². The summed E-state index contributed by atoms with van der Waals surface area (Å²) in [6.07, 6.45) is 0. The van der Waals surface area contributed by atoms with Gasteiger partial charge in [0, 0.05) is 23.5 Å². The number of hydrogen-bond acceptors (Lipinski definition) is 2. The molecule has 2 nitrogen and oxygen atoms in total. The van der Waals surface area contributed by atoms with Gasteiger partial charge in [0.15, 0.2) is 0 Å². The average Bonchev–Trinajstić information content (AvgIpc) is 2.48. The van der Waals surface area contributed by atoms with Crippen molar-refractivity contribution < 1.29 is 4.79 Å². The Balaban J connectivity index is 1.91. The third-order valence-electron chi connectivity index (χ3n) is 3.24. The van der Waals surface area contributed by atoms with Crippen LogP contribution in [0.5, 0.6) is 0 Å². The predicted octanol–water partition coefficient (Wildman–Crippen LogP) is 4.40. The first-order chi connectivity index (χ1) is 10.1. The Bertz CT molecular complexity index is 630. The lowest BCUT2D eigenvalue weighted by atomic mass is 10.2. The zero-order valence-corrected chi connectivity index (χ0v) is 13.7. The molecule has 4 heteroatoms. The number of carbonyl (C=O) groups is 1. The summed E-state index contributed by atoms with van der Waals surface area (Å²) in [5.74, 6) is 0.536. The molecule has 0 aliphatic heterocycles. The zero-order chi connectivity index (χ0) is 15.2. The zero-order valence-electron chi connectivity index (χ0n) is 12.2. The summed E-state index contributed by atoms with van der Waals surface area (Å²) in [6, 6.07) is 15.7. The number of nitrogens with zero attached hydrogens (tertiary/aromatic N) is 1. The maximum atomic E-state index is 12.2. The molecule has 2 aromatic carbocycles. The summed E-state index contributed by atoms with van der Waals surface area (Å²) >= 11 is 7.70. The van der Waals surface area contributed by atoms with E-state index < -0.39 is 0 Å². The van der Waals surface area contributed by atoms with E-state index in [0.717, 1.165) is 10.5 Å². The fourth-order valence-electron chi connectivity index (χ4n) is 1.94. The molecule has 2 aromatic rings. The van der Waals surface area contributed by atoms with Crippen LogP contribution in [0.3, 0.4) is 0 Å². The van der Waals surface area contributed by atoms with Gasteiger partial charge in [0.05, 0.1) is 5.75 Å². The predicted molar refractivity (Wildman–Crippen MR) is 89.8 cm³/mol. The monoisotopic (exact) mass is 319 g/mol. The Morgan fingerprint density at radius 1 is 1.14 bits per heavy atom. The van der Waals surface area contributed by atoms with Gasteiger partial charge in [-0.25, -0.2) is 0 Å². The van der Waals surface area contributed by atoms with Crippen molar-refractivity contribution in [2.75, 3.05) is 12.8 Å². The molecule has 0 atom stereocenters. The number of amides is 1. The van der Waals surface area contributed by atoms with Gasteiger partial charge in [-0.3, -0.25) is 4.79 Å². The molecular weight excluding hydrogens is 302 g/mol. The first-order valence-electron chi connectivity index (χ1n) is 6.73. The molecule has 0 N–H and O–H groups in total. The van der Waals surface area contributed by atoms with Gasteiger partial charge < -0.3 is 4.90 Å². The smallest absolute Gasteiger partial charge is 0.232 e. The van der Waals surface area contributed by atoms with Crippen LogP contribution in [0, 0.1) is 6.92 Å². The molecule has 0 heterocycles. The number of halogens is 1. The summed E-state index contributed by atoms with van der Waals surface area (Å²) in [5, 5.41) is 0.698. The topological polar surface area (TPSA) is 20.3 Å². The highest BCUT2D eigenvalue weighted by molar-refractivity contribution is 8.00. The van der Waals surface area contributed by atoms with Gasteiger partial charge >= 0.3 is 0 Å². The SMILES string of the molecule is Cc1ccccc1SCC(=O)N(C)Cc1ccccc1Cl. The Hall–Kier alpha value is -1.45. The molecule has 0 saturated carbocycles. The molecule has 0 aliphatic carbocycles. The van der Waals surface area contributed by atoms with Crippen molar-refractivity contribution >= 4 is 29.3 Å². The van der Waals surface area contributed by atoms with Gasteiger partial charge in [0.1, 0.15) is 0 Å². The lowest BCUT2D eigenvalue weighted by Gasteiger charge is -2.18. The van der Waals surface area contributed by atoms with Gasteiger partial charge in [-0.05, 0) is 30.2 Å². The number of carbonyl (C=O) groups excluding carboxylic acids is 1. The van der Waals surface area contributed by atoms with Crippen LogP contribution in [0.1, 0.15) is 11.1 Å². The van der Waals surface area contributed by atoms with Crippen molar-refractivity contribution in [1.29, 1.82) is 0 Å². The largest absolute Gasteiger partial charge is 0.341 e. The van der Waals surface area contributed by atoms with Gasteiger partial charge in [-0.1, -0.05) is 48.0 Å². The lowest BCUT2D eigenvalue weighted by molar-refractivity contribution is -0.127. The second kappa shape index (κ2) is 7.53. The highest BCUT2D eigenvalue weighted by Gasteiger charge is 2.11. The quantitative estimate of drug-likeness (QED) is 0.761. The number of hydrogen-bond donors (Lipinski definition) is 0. The maximum absolute atomic E-state index is 12.2. The molecule has 0 saturated heterocycles. The first-order valence-corrected chi connectivity index (χ1v) is 8.10. The number of thioether (sulfide) groups is 1. The molecular formula is C17H18ClNOS. The van der Waals surface area contributed by atoms with E-state index >= 15 is 0 Å². The summed E-state index contributed by atoms with van der Waals surface area (Å²) in [7, 11) is 1.81. The number of aryl methyl sites for hydroxylation is 1. The highest BCUT2D eigenvalue weighted by Crippen LogP contribution is 2.22. The van der Waals surface area contributed by atoms with E-state index in [2.05, 4.69) is 13.0 Å². The fraction of sp³-hybridized carbons (Fsp3) is 0.235. The minimum Gasteiger partial charge on any atom is -0.341 e. The van der Waals surface area contributed by atoms with Crippen molar-refractivity contribution in [3.8, 4) is 0 Å². The van der Waals surface area contributed by atoms with E-state index in [9.17, 15) is 4.79 Å². The van der Waals surface area contributed by atoms with Crippen LogP contribution >= 0.6 is 23.4 Å². The van der Waals surface area contributed by atoms with E-state index in [4.69, 9.17) is 11.6 Å². The summed E-state index contributed by atoms with van der Waals surface area (Å²) in [6.45, 7) is 2.59. The van der Waals surface area contributed by atoms with E-state index in [1.54, 1.807) is 16.7 Å². The van der Waals surface area contributed by atoms with Gasteiger partial charge in [-0.15, -0.1) is 11.8 Å². The van der Waals surface area contributed by atoms with Crippen LogP contribution in [-0.4, -0.2) is 23.6 Å². The van der Waals surface area contributed by atoms with Crippen LogP contribution in [0.25, 0.3) is 0 Å². The van der Waals surface area contributed by atoms with E-state index in [1.165, 1.54) is 5.56 Å². The van der Waals surface area contributed by atoms with E-state index in [0.29, 0.717) is 17.3 Å². The van der Waals surface area contributed by atoms with Crippen molar-refractivity contribution in [3.05, 3.63) is 64.7 Å². The second-order valence-corrected chi connectivity index (χ2v) is 6.32. The fourth-order valence-corrected chi connectivity index (χ4v) is 3.10. The van der Waals surface area contributed by atoms with E-state index in [1.807, 2.05) is 49.5 Å². The molecule has 0 fully saturated rings. The standard InChI is InChI=1S/C17H18ClNOS/c1-13-7-3-6-10-16(13)21-12-17(20)19(2)11-14-8-4-5-9-15(14)18/h3-10H,11-12H2,1-2H3. The van der Waals surface area contributed by atoms with Crippen molar-refractivity contribution in [2.45, 2.75) is 18.4 Å². The molecule has 0 radical (unpaired) electrons. The molecule has 0 bridgehead atoms. The van der Waals surface area contributed by atoms with Gasteiger partial charge in [0.2, 0.25) is 5.91 Å². The minimum atomic E-state index is 0.100. The number of benzene rings is 2. The molecule has 1 amide bonds. The Kier molecular flexibility index (Phi) is 5.71. The number of rotatable bonds is 5. The van der Waals surface area contributed by atoms with Crippen LogP contribution < -0.4 is 0 Å². The van der Waals surface area contributed by atoms with E-state index in [-0.39, 0.29) is 5.91 Å².